The summed E-state index contributed by atoms with van der Waals surface area (Å²) < 4.78 is 15.3. The lowest BCUT2D eigenvalue weighted by molar-refractivity contribution is -0.147. The van der Waals surface area contributed by atoms with Gasteiger partial charge in [0.2, 0.25) is 0 Å². The number of carbonyl (C=O) groups excluding carboxylic acids is 1. The van der Waals surface area contributed by atoms with Crippen LogP contribution >= 0.6 is 0 Å². The van der Waals surface area contributed by atoms with E-state index in [1.54, 1.807) is 0 Å². The average molecular weight is 247 g/mol. The zero-order valence-corrected chi connectivity index (χ0v) is 11.1. The summed E-state index contributed by atoms with van der Waals surface area (Å²) in [5.41, 5.74) is 5.66. The van der Waals surface area contributed by atoms with E-state index in [0.717, 1.165) is 0 Å². The molecule has 0 saturated heterocycles. The Balaban J connectivity index is 3.38. The molecule has 0 heterocycles. The lowest BCUT2D eigenvalue weighted by Gasteiger charge is -2.13. The average Bonchev–Trinajstić information content (AvgIpc) is 2.26. The first-order valence-electron chi connectivity index (χ1n) is 6.15. The van der Waals surface area contributed by atoms with Gasteiger partial charge in [0.25, 0.3) is 0 Å². The Labute approximate surface area is 104 Å². The molecule has 0 spiro atoms. The first kappa shape index (κ1) is 16.4. The van der Waals surface area contributed by atoms with Crippen molar-refractivity contribution >= 4 is 5.97 Å². The van der Waals surface area contributed by atoms with Crippen molar-refractivity contribution in [2.45, 2.75) is 33.2 Å². The predicted octanol–water partition coefficient (Wildman–Crippen LogP) is 0.956. The van der Waals surface area contributed by atoms with Gasteiger partial charge in [0, 0.05) is 6.61 Å². The maximum Gasteiger partial charge on any atom is 0.322 e. The molecule has 5 nitrogen and oxygen atoms in total. The third kappa shape index (κ3) is 10.2. The van der Waals surface area contributed by atoms with E-state index in [4.69, 9.17) is 19.9 Å². The van der Waals surface area contributed by atoms with Crippen molar-refractivity contribution in [2.75, 3.05) is 33.0 Å². The summed E-state index contributed by atoms with van der Waals surface area (Å²) in [5.74, 6) is 0.0344. The van der Waals surface area contributed by atoms with Gasteiger partial charge in [0.1, 0.15) is 12.6 Å². The van der Waals surface area contributed by atoms with Crippen molar-refractivity contribution in [1.82, 2.24) is 0 Å². The molecule has 1 atom stereocenters. The van der Waals surface area contributed by atoms with Gasteiger partial charge in [-0.3, -0.25) is 4.79 Å². The van der Waals surface area contributed by atoms with Gasteiger partial charge in [0.15, 0.2) is 0 Å². The molecule has 1 unspecified atom stereocenters. The molecule has 17 heavy (non-hydrogen) atoms. The number of nitrogens with two attached hydrogens (primary N) is 1. The molecule has 0 aromatic carbocycles. The van der Waals surface area contributed by atoms with Crippen LogP contribution in [0.25, 0.3) is 0 Å². The minimum atomic E-state index is -0.529. The van der Waals surface area contributed by atoms with Crippen LogP contribution in [0.3, 0.4) is 0 Å². The van der Waals surface area contributed by atoms with Crippen LogP contribution in [0, 0.1) is 5.92 Å². The lowest BCUT2D eigenvalue weighted by Crippen LogP contribution is -2.34. The normalized spacial score (nSPS) is 12.8. The summed E-state index contributed by atoms with van der Waals surface area (Å²) in [6.07, 6.45) is 0.643. The highest BCUT2D eigenvalue weighted by Gasteiger charge is 2.15. The second kappa shape index (κ2) is 10.5. The molecule has 0 radical (unpaired) electrons. The molecule has 0 aliphatic rings. The summed E-state index contributed by atoms with van der Waals surface area (Å²) in [7, 11) is 0. The van der Waals surface area contributed by atoms with E-state index in [-0.39, 0.29) is 12.6 Å². The van der Waals surface area contributed by atoms with Crippen LogP contribution in [-0.2, 0) is 19.0 Å². The van der Waals surface area contributed by atoms with Crippen molar-refractivity contribution in [3.8, 4) is 0 Å². The van der Waals surface area contributed by atoms with E-state index in [1.807, 2.05) is 20.8 Å². The van der Waals surface area contributed by atoms with E-state index in [1.165, 1.54) is 0 Å². The molecular formula is C12H25NO4. The Morgan fingerprint density at radius 2 is 1.71 bits per heavy atom. The maximum atomic E-state index is 11.4. The highest BCUT2D eigenvalue weighted by atomic mass is 16.6. The Bertz CT molecular complexity index is 197. The SMILES string of the molecule is CCOCCOCCOC(=O)C(N)CC(C)C. The van der Waals surface area contributed by atoms with Crippen molar-refractivity contribution in [1.29, 1.82) is 0 Å². The zero-order valence-electron chi connectivity index (χ0n) is 11.1. The third-order valence-electron chi connectivity index (χ3n) is 2.08. The molecule has 0 rings (SSSR count). The van der Waals surface area contributed by atoms with Gasteiger partial charge in [-0.05, 0) is 19.3 Å². The van der Waals surface area contributed by atoms with Gasteiger partial charge >= 0.3 is 5.97 Å². The van der Waals surface area contributed by atoms with Gasteiger partial charge in [-0.1, -0.05) is 13.8 Å². The van der Waals surface area contributed by atoms with E-state index < -0.39 is 6.04 Å². The van der Waals surface area contributed by atoms with E-state index in [2.05, 4.69) is 0 Å². The maximum absolute atomic E-state index is 11.4. The number of esters is 1. The van der Waals surface area contributed by atoms with Crippen molar-refractivity contribution in [3.05, 3.63) is 0 Å². The Morgan fingerprint density at radius 1 is 1.12 bits per heavy atom. The second-order valence-corrected chi connectivity index (χ2v) is 4.21. The fourth-order valence-electron chi connectivity index (χ4n) is 1.28. The second-order valence-electron chi connectivity index (χ2n) is 4.21. The van der Waals surface area contributed by atoms with Crippen molar-refractivity contribution in [2.24, 2.45) is 11.7 Å². The van der Waals surface area contributed by atoms with E-state index >= 15 is 0 Å². The fourth-order valence-corrected chi connectivity index (χ4v) is 1.28. The first-order chi connectivity index (χ1) is 8.07. The van der Waals surface area contributed by atoms with Gasteiger partial charge in [-0.2, -0.15) is 0 Å². The monoisotopic (exact) mass is 247 g/mol. The molecule has 0 bridgehead atoms. The largest absolute Gasteiger partial charge is 0.462 e. The first-order valence-corrected chi connectivity index (χ1v) is 6.15. The lowest BCUT2D eigenvalue weighted by atomic mass is 10.1. The van der Waals surface area contributed by atoms with Gasteiger partial charge in [-0.15, -0.1) is 0 Å². The summed E-state index contributed by atoms with van der Waals surface area (Å²) in [4.78, 5) is 11.4. The number of hydrogen-bond donors (Lipinski definition) is 1. The van der Waals surface area contributed by atoms with Crippen LogP contribution in [0.4, 0.5) is 0 Å². The molecule has 5 heteroatoms. The molecule has 0 aliphatic carbocycles. The minimum Gasteiger partial charge on any atom is -0.462 e. The smallest absolute Gasteiger partial charge is 0.322 e. The number of ether oxygens (including phenoxy) is 3. The van der Waals surface area contributed by atoms with Gasteiger partial charge in [-0.25, -0.2) is 0 Å². The molecule has 0 saturated carbocycles. The summed E-state index contributed by atoms with van der Waals surface area (Å²) in [5, 5.41) is 0. The molecular weight excluding hydrogens is 222 g/mol. The Morgan fingerprint density at radius 3 is 2.29 bits per heavy atom. The molecule has 0 amide bonds. The highest BCUT2D eigenvalue weighted by Crippen LogP contribution is 2.03. The predicted molar refractivity (Wildman–Crippen MR) is 65.7 cm³/mol. The number of rotatable bonds is 10. The zero-order chi connectivity index (χ0) is 13.1. The van der Waals surface area contributed by atoms with Crippen molar-refractivity contribution < 1.29 is 19.0 Å². The molecule has 0 aliphatic heterocycles. The van der Waals surface area contributed by atoms with Gasteiger partial charge in [0.05, 0.1) is 19.8 Å². The standard InChI is InChI=1S/C12H25NO4/c1-4-15-5-6-16-7-8-17-12(14)11(13)9-10(2)3/h10-11H,4-9,13H2,1-3H3. The third-order valence-corrected chi connectivity index (χ3v) is 2.08. The minimum absolute atomic E-state index is 0.247. The summed E-state index contributed by atoms with van der Waals surface area (Å²) in [6, 6.07) is -0.529. The van der Waals surface area contributed by atoms with Crippen LogP contribution in [0.2, 0.25) is 0 Å². The fraction of sp³-hybridized carbons (Fsp3) is 0.917. The Hall–Kier alpha value is -0.650. The van der Waals surface area contributed by atoms with Crippen molar-refractivity contribution in [3.63, 3.8) is 0 Å². The van der Waals surface area contributed by atoms with Crippen LogP contribution in [0.15, 0.2) is 0 Å². The summed E-state index contributed by atoms with van der Waals surface area (Å²) >= 11 is 0. The van der Waals surface area contributed by atoms with Crippen LogP contribution in [0.1, 0.15) is 27.2 Å². The number of hydrogen-bond acceptors (Lipinski definition) is 5. The number of carbonyl (C=O) groups is 1. The molecule has 0 aromatic rings. The molecule has 0 fully saturated rings. The van der Waals surface area contributed by atoms with Crippen LogP contribution < -0.4 is 5.73 Å². The van der Waals surface area contributed by atoms with Gasteiger partial charge < -0.3 is 19.9 Å². The topological polar surface area (TPSA) is 70.8 Å². The van der Waals surface area contributed by atoms with E-state index in [9.17, 15) is 4.79 Å². The summed E-state index contributed by atoms with van der Waals surface area (Å²) in [6.45, 7) is 8.36. The van der Waals surface area contributed by atoms with Crippen LogP contribution in [0.5, 0.6) is 0 Å². The van der Waals surface area contributed by atoms with Crippen LogP contribution in [-0.4, -0.2) is 45.0 Å². The Kier molecular flexibility index (Phi) is 10.1. The molecule has 0 aromatic heterocycles. The highest BCUT2D eigenvalue weighted by molar-refractivity contribution is 5.75. The molecule has 2 N–H and O–H groups in total. The van der Waals surface area contributed by atoms with E-state index in [0.29, 0.717) is 38.8 Å². The quantitative estimate of drug-likeness (QED) is 0.460. The molecule has 102 valence electrons.